The average molecular weight is 397 g/mol. The van der Waals surface area contributed by atoms with E-state index in [0.29, 0.717) is 12.2 Å². The van der Waals surface area contributed by atoms with Gasteiger partial charge in [0.1, 0.15) is 6.54 Å². The molecule has 1 fully saturated rings. The molecule has 0 N–H and O–H groups in total. The Hall–Kier alpha value is -2.83. The molecule has 3 heterocycles. The molecule has 4 rings (SSSR count). The highest BCUT2D eigenvalue weighted by molar-refractivity contribution is 5.76. The molecule has 29 heavy (non-hydrogen) atoms. The molecule has 1 amide bonds. The molecule has 2 aliphatic heterocycles. The summed E-state index contributed by atoms with van der Waals surface area (Å²) in [7, 11) is 0. The number of benzene rings is 1. The molecule has 2 aromatic rings. The zero-order valence-electron chi connectivity index (χ0n) is 17.2. The van der Waals surface area contributed by atoms with Gasteiger partial charge in [-0.2, -0.15) is 4.98 Å². The number of ether oxygens (including phenoxy) is 2. The van der Waals surface area contributed by atoms with Gasteiger partial charge in [0.2, 0.25) is 12.7 Å². The maximum absolute atomic E-state index is 13.0. The number of amides is 1. The van der Waals surface area contributed by atoms with Gasteiger partial charge in [-0.1, -0.05) is 13.0 Å². The van der Waals surface area contributed by atoms with Crippen LogP contribution in [0.25, 0.3) is 0 Å². The maximum atomic E-state index is 13.0. The van der Waals surface area contributed by atoms with Gasteiger partial charge >= 0.3 is 5.69 Å². The normalized spacial score (nSPS) is 20.7. The van der Waals surface area contributed by atoms with Crippen molar-refractivity contribution in [2.24, 2.45) is 5.41 Å². The largest absolute Gasteiger partial charge is 0.454 e. The summed E-state index contributed by atoms with van der Waals surface area (Å²) in [6, 6.07) is 7.89. The Bertz CT molecular complexity index is 1000. The molecule has 0 spiro atoms. The van der Waals surface area contributed by atoms with Crippen molar-refractivity contribution < 1.29 is 14.3 Å². The first-order valence-electron chi connectivity index (χ1n) is 10.0. The highest BCUT2D eigenvalue weighted by Crippen LogP contribution is 2.37. The van der Waals surface area contributed by atoms with Gasteiger partial charge in [0, 0.05) is 24.5 Å². The number of hydrogen-bond acceptors (Lipinski definition) is 5. The zero-order valence-corrected chi connectivity index (χ0v) is 17.2. The van der Waals surface area contributed by atoms with E-state index >= 15 is 0 Å². The van der Waals surface area contributed by atoms with Crippen LogP contribution < -0.4 is 15.2 Å². The van der Waals surface area contributed by atoms with Gasteiger partial charge in [-0.15, -0.1) is 0 Å². The van der Waals surface area contributed by atoms with Gasteiger partial charge in [-0.05, 0) is 62.3 Å². The summed E-state index contributed by atoms with van der Waals surface area (Å²) in [5.74, 6) is 1.54. The summed E-state index contributed by atoms with van der Waals surface area (Å²) in [4.78, 5) is 31.0. The van der Waals surface area contributed by atoms with Crippen LogP contribution >= 0.6 is 0 Å². The van der Waals surface area contributed by atoms with Crippen molar-refractivity contribution in [3.8, 4) is 11.5 Å². The molecule has 7 heteroatoms. The second-order valence-corrected chi connectivity index (χ2v) is 8.50. The van der Waals surface area contributed by atoms with Gasteiger partial charge in [-0.25, -0.2) is 4.79 Å². The van der Waals surface area contributed by atoms with E-state index in [1.54, 1.807) is 6.92 Å². The molecule has 1 saturated heterocycles. The molecule has 1 aromatic heterocycles. The first-order chi connectivity index (χ1) is 13.8. The first-order valence-corrected chi connectivity index (χ1v) is 10.0. The van der Waals surface area contributed by atoms with Crippen molar-refractivity contribution in [1.29, 1.82) is 0 Å². The lowest BCUT2D eigenvalue weighted by Crippen LogP contribution is -2.47. The number of nitrogens with zero attached hydrogens (tertiary/aromatic N) is 3. The van der Waals surface area contributed by atoms with Crippen LogP contribution in [0.1, 0.15) is 36.7 Å². The van der Waals surface area contributed by atoms with Gasteiger partial charge in [0.25, 0.3) is 0 Å². The third kappa shape index (κ3) is 4.13. The van der Waals surface area contributed by atoms with E-state index in [1.165, 1.54) is 10.1 Å². The van der Waals surface area contributed by atoms with Gasteiger partial charge in [-0.3, -0.25) is 9.36 Å². The van der Waals surface area contributed by atoms with E-state index in [2.05, 4.69) is 18.0 Å². The molecule has 0 unspecified atom stereocenters. The van der Waals surface area contributed by atoms with Crippen LogP contribution in [-0.2, 0) is 17.8 Å². The lowest BCUT2D eigenvalue weighted by Gasteiger charge is -2.41. The molecule has 2 aliphatic rings. The van der Waals surface area contributed by atoms with E-state index < -0.39 is 0 Å². The maximum Gasteiger partial charge on any atom is 0.348 e. The van der Waals surface area contributed by atoms with Gasteiger partial charge in [0.05, 0.1) is 0 Å². The Morgan fingerprint density at radius 1 is 1.21 bits per heavy atom. The minimum Gasteiger partial charge on any atom is -0.454 e. The highest BCUT2D eigenvalue weighted by Gasteiger charge is 2.34. The second kappa shape index (κ2) is 7.54. The lowest BCUT2D eigenvalue weighted by molar-refractivity contribution is -0.135. The number of piperidine rings is 1. The minimum absolute atomic E-state index is 0.0207. The number of aryl methyl sites for hydroxylation is 2. The number of fused-ring (bicyclic) bond motifs is 1. The first kappa shape index (κ1) is 19.5. The number of hydrogen-bond donors (Lipinski definition) is 0. The molecular formula is C22H27N3O4. The number of aromatic nitrogens is 2. The fourth-order valence-corrected chi connectivity index (χ4v) is 4.42. The minimum atomic E-state index is -0.365. The van der Waals surface area contributed by atoms with Crippen LogP contribution in [0.4, 0.5) is 0 Å². The summed E-state index contributed by atoms with van der Waals surface area (Å²) in [5.41, 5.74) is 2.23. The van der Waals surface area contributed by atoms with E-state index in [9.17, 15) is 9.59 Å². The molecule has 0 radical (unpaired) electrons. The van der Waals surface area contributed by atoms with E-state index in [-0.39, 0.29) is 30.3 Å². The van der Waals surface area contributed by atoms with Crippen molar-refractivity contribution in [2.45, 2.75) is 46.6 Å². The Morgan fingerprint density at radius 3 is 2.79 bits per heavy atom. The Morgan fingerprint density at radius 2 is 2.00 bits per heavy atom. The summed E-state index contributed by atoms with van der Waals surface area (Å²) in [5, 5.41) is 0. The third-order valence-corrected chi connectivity index (χ3v) is 5.84. The summed E-state index contributed by atoms with van der Waals surface area (Å²) in [6.45, 7) is 7.55. The predicted molar refractivity (Wildman–Crippen MR) is 108 cm³/mol. The number of likely N-dealkylation sites (tertiary alicyclic amines) is 1. The molecule has 1 atom stereocenters. The van der Waals surface area contributed by atoms with Crippen molar-refractivity contribution in [2.75, 3.05) is 19.9 Å². The van der Waals surface area contributed by atoms with Crippen LogP contribution in [0.3, 0.4) is 0 Å². The standard InChI is InChI=1S/C22H27N3O4/c1-15-9-16(2)25(21(27)23-15)12-20(26)24-8-4-7-22(3,13-24)11-17-5-6-18-19(10-17)29-14-28-18/h5-6,9-10H,4,7-8,11-14H2,1-3H3/t22-/m0/s1. The van der Waals surface area contributed by atoms with Crippen molar-refractivity contribution >= 4 is 5.91 Å². The molecule has 7 nitrogen and oxygen atoms in total. The smallest absolute Gasteiger partial charge is 0.348 e. The molecule has 0 aliphatic carbocycles. The van der Waals surface area contributed by atoms with Gasteiger partial charge < -0.3 is 14.4 Å². The van der Waals surface area contributed by atoms with Gasteiger partial charge in [0.15, 0.2) is 11.5 Å². The lowest BCUT2D eigenvalue weighted by atomic mass is 9.77. The summed E-state index contributed by atoms with van der Waals surface area (Å²) >= 11 is 0. The highest BCUT2D eigenvalue weighted by atomic mass is 16.7. The predicted octanol–water partition coefficient (Wildman–Crippen LogP) is 2.46. The average Bonchev–Trinajstić information content (AvgIpc) is 3.12. The van der Waals surface area contributed by atoms with Crippen LogP contribution in [-0.4, -0.2) is 40.2 Å². The van der Waals surface area contributed by atoms with Crippen molar-refractivity contribution in [3.05, 3.63) is 51.7 Å². The van der Waals surface area contributed by atoms with Crippen molar-refractivity contribution in [3.63, 3.8) is 0 Å². The Kier molecular flexibility index (Phi) is 5.06. The SMILES string of the molecule is Cc1cc(C)n(CC(=O)N2CCC[C@@](C)(Cc3ccc4c(c3)OCO4)C2)c(=O)n1. The molecule has 0 saturated carbocycles. The fraction of sp³-hybridized carbons (Fsp3) is 0.500. The molecule has 0 bridgehead atoms. The van der Waals surface area contributed by atoms with Crippen LogP contribution in [0, 0.1) is 19.3 Å². The second-order valence-electron chi connectivity index (χ2n) is 8.50. The zero-order chi connectivity index (χ0) is 20.6. The topological polar surface area (TPSA) is 73.7 Å². The number of carbonyl (C=O) groups is 1. The summed E-state index contributed by atoms with van der Waals surface area (Å²) < 4.78 is 12.3. The molecule has 154 valence electrons. The van der Waals surface area contributed by atoms with Crippen LogP contribution in [0.5, 0.6) is 11.5 Å². The van der Waals surface area contributed by atoms with E-state index in [1.807, 2.05) is 30.0 Å². The van der Waals surface area contributed by atoms with E-state index in [4.69, 9.17) is 9.47 Å². The number of rotatable bonds is 4. The third-order valence-electron chi connectivity index (χ3n) is 5.84. The summed E-state index contributed by atoms with van der Waals surface area (Å²) in [6.07, 6.45) is 2.86. The molecular weight excluding hydrogens is 370 g/mol. The quantitative estimate of drug-likeness (QED) is 0.792. The monoisotopic (exact) mass is 397 g/mol. The Balaban J connectivity index is 1.46. The van der Waals surface area contributed by atoms with E-state index in [0.717, 1.165) is 43.0 Å². The fourth-order valence-electron chi connectivity index (χ4n) is 4.42. The Labute approximate surface area is 170 Å². The number of carbonyl (C=O) groups excluding carboxylic acids is 1. The van der Waals surface area contributed by atoms with Crippen LogP contribution in [0.2, 0.25) is 0 Å². The van der Waals surface area contributed by atoms with Crippen molar-refractivity contribution in [1.82, 2.24) is 14.5 Å². The van der Waals surface area contributed by atoms with Crippen LogP contribution in [0.15, 0.2) is 29.1 Å². The molecule has 1 aromatic carbocycles.